The van der Waals surface area contributed by atoms with Crippen molar-refractivity contribution < 1.29 is 14.3 Å². The molecule has 7 heteroatoms. The summed E-state index contributed by atoms with van der Waals surface area (Å²) >= 11 is 0. The van der Waals surface area contributed by atoms with Gasteiger partial charge in [0.05, 0.1) is 12.6 Å². The minimum Gasteiger partial charge on any atom is -0.497 e. The molecule has 0 fully saturated rings. The van der Waals surface area contributed by atoms with Gasteiger partial charge < -0.3 is 9.47 Å². The number of nitrogens with zero attached hydrogens (tertiary/aromatic N) is 4. The maximum absolute atomic E-state index is 12.2. The number of ether oxygens (including phenoxy) is 2. The van der Waals surface area contributed by atoms with Crippen LogP contribution in [0.5, 0.6) is 11.5 Å². The molecule has 7 nitrogen and oxygen atoms in total. The van der Waals surface area contributed by atoms with Gasteiger partial charge in [-0.25, -0.2) is 0 Å². The summed E-state index contributed by atoms with van der Waals surface area (Å²) in [6.07, 6.45) is 4.81. The number of carbonyl (C=O) groups is 1. The fourth-order valence-electron chi connectivity index (χ4n) is 3.07. The summed E-state index contributed by atoms with van der Waals surface area (Å²) < 4.78 is 13.1. The Balaban J connectivity index is 1.61. The van der Waals surface area contributed by atoms with Crippen LogP contribution in [0.1, 0.15) is 35.9 Å². The highest BCUT2D eigenvalue weighted by Crippen LogP contribution is 2.27. The molecule has 0 aliphatic rings. The van der Waals surface area contributed by atoms with Crippen LogP contribution >= 0.6 is 0 Å². The number of methoxy groups -OCH3 is 1. The monoisotopic (exact) mass is 376 g/mol. The van der Waals surface area contributed by atoms with E-state index < -0.39 is 0 Å². The van der Waals surface area contributed by atoms with Gasteiger partial charge >= 0.3 is 0 Å². The molecule has 4 aromatic rings. The van der Waals surface area contributed by atoms with Gasteiger partial charge in [-0.1, -0.05) is 6.92 Å². The number of hydrogen-bond acceptors (Lipinski definition) is 6. The first-order valence-corrected chi connectivity index (χ1v) is 9.12. The van der Waals surface area contributed by atoms with Crippen molar-refractivity contribution >= 4 is 22.3 Å². The zero-order valence-corrected chi connectivity index (χ0v) is 15.8. The quantitative estimate of drug-likeness (QED) is 0.456. The molecule has 0 atom stereocenters. The highest BCUT2D eigenvalue weighted by molar-refractivity contribution is 5.96. The Kier molecular flexibility index (Phi) is 4.89. The van der Waals surface area contributed by atoms with Gasteiger partial charge in [0.1, 0.15) is 18.1 Å². The molecule has 3 aromatic heterocycles. The Morgan fingerprint density at radius 1 is 1.14 bits per heavy atom. The van der Waals surface area contributed by atoms with Gasteiger partial charge in [-0.05, 0) is 36.8 Å². The van der Waals surface area contributed by atoms with Crippen LogP contribution in [0.25, 0.3) is 16.6 Å². The zero-order chi connectivity index (χ0) is 19.5. The van der Waals surface area contributed by atoms with E-state index in [1.165, 1.54) is 0 Å². The van der Waals surface area contributed by atoms with E-state index in [0.29, 0.717) is 29.2 Å². The Morgan fingerprint density at radius 2 is 2.04 bits per heavy atom. The predicted molar refractivity (Wildman–Crippen MR) is 105 cm³/mol. The van der Waals surface area contributed by atoms with Crippen LogP contribution in [0, 0.1) is 0 Å². The summed E-state index contributed by atoms with van der Waals surface area (Å²) in [5.41, 5.74) is 2.11. The van der Waals surface area contributed by atoms with E-state index in [-0.39, 0.29) is 12.4 Å². The molecular weight excluding hydrogens is 356 g/mol. The zero-order valence-electron chi connectivity index (χ0n) is 15.8. The summed E-state index contributed by atoms with van der Waals surface area (Å²) in [4.78, 5) is 16.6. The standard InChI is InChI=1S/C21H20N4O3/c1-3-4-18(26)14-5-8-20-23-24-21(25(20)12-14)13-28-19-9-10-22-17-11-15(27-2)6-7-16(17)19/h5-12H,3-4,13H2,1-2H3. The van der Waals surface area contributed by atoms with Gasteiger partial charge in [0, 0.05) is 35.8 Å². The van der Waals surface area contributed by atoms with Crippen molar-refractivity contribution in [2.45, 2.75) is 26.4 Å². The van der Waals surface area contributed by atoms with Gasteiger partial charge in [0.25, 0.3) is 0 Å². The Bertz CT molecular complexity index is 1150. The minimum atomic E-state index is 0.110. The maximum Gasteiger partial charge on any atom is 0.175 e. The highest BCUT2D eigenvalue weighted by atomic mass is 16.5. The topological polar surface area (TPSA) is 78.6 Å². The molecule has 0 N–H and O–H groups in total. The molecule has 1 aromatic carbocycles. The van der Waals surface area contributed by atoms with Crippen LogP contribution in [-0.4, -0.2) is 32.5 Å². The second kappa shape index (κ2) is 7.64. The van der Waals surface area contributed by atoms with E-state index in [2.05, 4.69) is 15.2 Å². The first-order valence-electron chi connectivity index (χ1n) is 9.12. The average Bonchev–Trinajstić information content (AvgIpc) is 3.14. The van der Waals surface area contributed by atoms with Crippen LogP contribution in [0.2, 0.25) is 0 Å². The Hall–Kier alpha value is -3.48. The molecule has 28 heavy (non-hydrogen) atoms. The van der Waals surface area contributed by atoms with E-state index >= 15 is 0 Å². The number of ketones is 1. The molecule has 0 spiro atoms. The van der Waals surface area contributed by atoms with Crippen LogP contribution in [0.3, 0.4) is 0 Å². The van der Waals surface area contributed by atoms with Crippen LogP contribution in [0.15, 0.2) is 48.8 Å². The van der Waals surface area contributed by atoms with Crippen LogP contribution < -0.4 is 9.47 Å². The number of rotatable bonds is 7. The third-order valence-corrected chi connectivity index (χ3v) is 4.54. The van der Waals surface area contributed by atoms with Gasteiger partial charge in [0.2, 0.25) is 0 Å². The van der Waals surface area contributed by atoms with Crippen molar-refractivity contribution in [2.75, 3.05) is 7.11 Å². The van der Waals surface area contributed by atoms with Crippen molar-refractivity contribution in [1.29, 1.82) is 0 Å². The predicted octanol–water partition coefficient (Wildman–Crippen LogP) is 3.85. The highest BCUT2D eigenvalue weighted by Gasteiger charge is 2.12. The molecule has 0 aliphatic carbocycles. The van der Waals surface area contributed by atoms with E-state index in [9.17, 15) is 4.79 Å². The normalized spacial score (nSPS) is 11.1. The molecule has 0 amide bonds. The SMILES string of the molecule is CCCC(=O)c1ccc2nnc(COc3ccnc4cc(OC)ccc34)n2c1. The average molecular weight is 376 g/mol. The summed E-state index contributed by atoms with van der Waals surface area (Å²) in [6, 6.07) is 11.0. The van der Waals surface area contributed by atoms with Crippen molar-refractivity contribution in [3.63, 3.8) is 0 Å². The Morgan fingerprint density at radius 3 is 2.86 bits per heavy atom. The van der Waals surface area contributed by atoms with Gasteiger partial charge in [-0.3, -0.25) is 14.2 Å². The lowest BCUT2D eigenvalue weighted by Gasteiger charge is -2.09. The van der Waals surface area contributed by atoms with Gasteiger partial charge in [0.15, 0.2) is 17.3 Å². The molecular formula is C21H20N4O3. The summed E-state index contributed by atoms with van der Waals surface area (Å²) in [5, 5.41) is 9.25. The molecule has 0 bridgehead atoms. The van der Waals surface area contributed by atoms with Crippen LogP contribution in [0.4, 0.5) is 0 Å². The van der Waals surface area contributed by atoms with Crippen molar-refractivity contribution in [2.24, 2.45) is 0 Å². The lowest BCUT2D eigenvalue weighted by atomic mass is 10.1. The van der Waals surface area contributed by atoms with Crippen molar-refractivity contribution in [3.05, 3.63) is 60.2 Å². The molecule has 142 valence electrons. The number of Topliss-reactive ketones (excluding diaryl/α,β-unsaturated/α-hetero) is 1. The molecule has 3 heterocycles. The molecule has 0 saturated carbocycles. The van der Waals surface area contributed by atoms with E-state index in [1.807, 2.05) is 31.2 Å². The molecule has 0 unspecified atom stereocenters. The smallest absolute Gasteiger partial charge is 0.175 e. The fourth-order valence-corrected chi connectivity index (χ4v) is 3.07. The fraction of sp³-hybridized carbons (Fsp3) is 0.238. The second-order valence-corrected chi connectivity index (χ2v) is 6.42. The van der Waals surface area contributed by atoms with Gasteiger partial charge in [-0.15, -0.1) is 10.2 Å². The number of benzene rings is 1. The summed E-state index contributed by atoms with van der Waals surface area (Å²) in [6.45, 7) is 2.21. The van der Waals surface area contributed by atoms with E-state index in [0.717, 1.165) is 23.1 Å². The molecule has 0 radical (unpaired) electrons. The maximum atomic E-state index is 12.2. The van der Waals surface area contributed by atoms with Crippen molar-refractivity contribution in [3.8, 4) is 11.5 Å². The van der Waals surface area contributed by atoms with Crippen LogP contribution in [-0.2, 0) is 6.61 Å². The number of aromatic nitrogens is 4. The third-order valence-electron chi connectivity index (χ3n) is 4.54. The van der Waals surface area contributed by atoms with Gasteiger partial charge in [-0.2, -0.15) is 0 Å². The lowest BCUT2D eigenvalue weighted by molar-refractivity contribution is 0.0981. The first kappa shape index (κ1) is 17.9. The molecule has 0 saturated heterocycles. The molecule has 4 rings (SSSR count). The number of fused-ring (bicyclic) bond motifs is 2. The second-order valence-electron chi connectivity index (χ2n) is 6.42. The lowest BCUT2D eigenvalue weighted by Crippen LogP contribution is -2.05. The summed E-state index contributed by atoms with van der Waals surface area (Å²) in [7, 11) is 1.62. The number of hydrogen-bond donors (Lipinski definition) is 0. The first-order chi connectivity index (χ1) is 13.7. The Labute approximate surface area is 161 Å². The summed E-state index contributed by atoms with van der Waals surface area (Å²) in [5.74, 6) is 2.17. The molecule has 0 aliphatic heterocycles. The van der Waals surface area contributed by atoms with E-state index in [4.69, 9.17) is 9.47 Å². The van der Waals surface area contributed by atoms with E-state index in [1.54, 1.807) is 36.0 Å². The minimum absolute atomic E-state index is 0.110. The third kappa shape index (κ3) is 3.38. The largest absolute Gasteiger partial charge is 0.497 e. The van der Waals surface area contributed by atoms with Crippen molar-refractivity contribution in [1.82, 2.24) is 19.6 Å². The number of carbonyl (C=O) groups excluding carboxylic acids is 1. The number of pyridine rings is 2.